The maximum atomic E-state index is 13.1. The predicted octanol–water partition coefficient (Wildman–Crippen LogP) is 2.39. The van der Waals surface area contributed by atoms with Crippen LogP contribution in [0.4, 0.5) is 0 Å². The van der Waals surface area contributed by atoms with E-state index in [1.54, 1.807) is 4.90 Å². The van der Waals surface area contributed by atoms with Crippen LogP contribution in [0.25, 0.3) is 0 Å². The molecular formula is C21H32N2O5S2. The van der Waals surface area contributed by atoms with E-state index >= 15 is 0 Å². The zero-order valence-electron chi connectivity index (χ0n) is 18.0. The lowest BCUT2D eigenvalue weighted by Crippen LogP contribution is -2.42. The molecule has 1 aromatic rings. The van der Waals surface area contributed by atoms with Crippen LogP contribution in [0.2, 0.25) is 0 Å². The fourth-order valence-corrected chi connectivity index (χ4v) is 8.01. The predicted molar refractivity (Wildman–Crippen MR) is 117 cm³/mol. The van der Waals surface area contributed by atoms with Crippen LogP contribution in [0.1, 0.15) is 50.4 Å². The van der Waals surface area contributed by atoms with E-state index < -0.39 is 19.9 Å². The van der Waals surface area contributed by atoms with Crippen molar-refractivity contribution in [2.24, 2.45) is 11.8 Å². The van der Waals surface area contributed by atoms with Crippen molar-refractivity contribution in [3.63, 3.8) is 0 Å². The first-order valence-electron chi connectivity index (χ1n) is 10.6. The molecular weight excluding hydrogens is 424 g/mol. The van der Waals surface area contributed by atoms with E-state index in [1.165, 1.54) is 28.6 Å². The maximum absolute atomic E-state index is 13.1. The van der Waals surface area contributed by atoms with Gasteiger partial charge in [-0.05, 0) is 55.4 Å². The Morgan fingerprint density at radius 3 is 2.23 bits per heavy atom. The molecule has 2 saturated heterocycles. The van der Waals surface area contributed by atoms with Crippen LogP contribution in [-0.2, 0) is 19.9 Å². The molecule has 0 N–H and O–H groups in total. The van der Waals surface area contributed by atoms with Gasteiger partial charge in [-0.15, -0.1) is 0 Å². The van der Waals surface area contributed by atoms with Gasteiger partial charge in [0.2, 0.25) is 10.0 Å². The van der Waals surface area contributed by atoms with Crippen LogP contribution < -0.4 is 0 Å². The molecule has 3 atom stereocenters. The zero-order chi connectivity index (χ0) is 22.1. The number of sulfone groups is 1. The van der Waals surface area contributed by atoms with Gasteiger partial charge in [-0.1, -0.05) is 20.8 Å². The van der Waals surface area contributed by atoms with Crippen molar-refractivity contribution in [1.29, 1.82) is 0 Å². The van der Waals surface area contributed by atoms with E-state index in [4.69, 9.17) is 0 Å². The topological polar surface area (TPSA) is 91.8 Å². The Kier molecular flexibility index (Phi) is 6.94. The normalized spacial score (nSPS) is 27.1. The quantitative estimate of drug-likeness (QED) is 0.655. The third-order valence-electron chi connectivity index (χ3n) is 5.95. The standard InChI is InChI=1S/C21H32N2O5S2/c1-4-10-23(19-9-11-29(25,26)15-19)21(24)18-5-7-20(8-6-18)30(27,28)22-13-16(2)12-17(3)14-22/h5-8,16-17,19H,4,9-15H2,1-3H3. The fourth-order valence-electron chi connectivity index (χ4n) is 4.60. The Morgan fingerprint density at radius 2 is 1.73 bits per heavy atom. The van der Waals surface area contributed by atoms with Gasteiger partial charge in [0.1, 0.15) is 0 Å². The first kappa shape index (κ1) is 23.2. The molecule has 30 heavy (non-hydrogen) atoms. The summed E-state index contributed by atoms with van der Waals surface area (Å²) in [6, 6.07) is 5.74. The third-order valence-corrected chi connectivity index (χ3v) is 9.55. The fraction of sp³-hybridized carbons (Fsp3) is 0.667. The maximum Gasteiger partial charge on any atom is 0.254 e. The second kappa shape index (κ2) is 8.96. The lowest BCUT2D eigenvalue weighted by Gasteiger charge is -2.34. The minimum atomic E-state index is -3.60. The number of sulfonamides is 1. The van der Waals surface area contributed by atoms with Crippen molar-refractivity contribution in [2.75, 3.05) is 31.1 Å². The van der Waals surface area contributed by atoms with E-state index in [9.17, 15) is 21.6 Å². The van der Waals surface area contributed by atoms with Crippen LogP contribution in [-0.4, -0.2) is 69.1 Å². The van der Waals surface area contributed by atoms with E-state index in [1.807, 2.05) is 6.92 Å². The highest BCUT2D eigenvalue weighted by Crippen LogP contribution is 2.27. The lowest BCUT2D eigenvalue weighted by molar-refractivity contribution is 0.0697. The molecule has 2 heterocycles. The Hall–Kier alpha value is -1.45. The molecule has 0 radical (unpaired) electrons. The highest BCUT2D eigenvalue weighted by Gasteiger charge is 2.35. The number of rotatable bonds is 6. The zero-order valence-corrected chi connectivity index (χ0v) is 19.6. The van der Waals surface area contributed by atoms with Crippen LogP contribution in [0, 0.1) is 11.8 Å². The van der Waals surface area contributed by atoms with Gasteiger partial charge in [0.15, 0.2) is 9.84 Å². The molecule has 2 aliphatic rings. The first-order valence-corrected chi connectivity index (χ1v) is 13.9. The Morgan fingerprint density at radius 1 is 1.13 bits per heavy atom. The summed E-state index contributed by atoms with van der Waals surface area (Å²) in [6.45, 7) is 7.56. The molecule has 1 aromatic carbocycles. The molecule has 0 aromatic heterocycles. The summed E-state index contributed by atoms with van der Waals surface area (Å²) in [6.07, 6.45) is 2.19. The van der Waals surface area contributed by atoms with Crippen molar-refractivity contribution in [3.8, 4) is 0 Å². The molecule has 1 amide bonds. The SMILES string of the molecule is CCCN(C(=O)c1ccc(S(=O)(=O)N2CC(C)CC(C)C2)cc1)C1CCS(=O)(=O)C1. The van der Waals surface area contributed by atoms with E-state index in [2.05, 4.69) is 13.8 Å². The van der Waals surface area contributed by atoms with Crippen molar-refractivity contribution >= 4 is 25.8 Å². The largest absolute Gasteiger partial charge is 0.335 e. The Bertz CT molecular complexity index is 963. The highest BCUT2D eigenvalue weighted by atomic mass is 32.2. The summed E-state index contributed by atoms with van der Waals surface area (Å²) in [7, 11) is -6.70. The van der Waals surface area contributed by atoms with Gasteiger partial charge in [-0.2, -0.15) is 4.31 Å². The number of carbonyl (C=O) groups excluding carboxylic acids is 1. The van der Waals surface area contributed by atoms with Crippen molar-refractivity contribution in [1.82, 2.24) is 9.21 Å². The van der Waals surface area contributed by atoms with Crippen molar-refractivity contribution < 1.29 is 21.6 Å². The Labute approximate surface area is 180 Å². The summed E-state index contributed by atoms with van der Waals surface area (Å²) in [5.41, 5.74) is 0.382. The van der Waals surface area contributed by atoms with Gasteiger partial charge >= 0.3 is 0 Å². The molecule has 0 bridgehead atoms. The molecule has 0 saturated carbocycles. The van der Waals surface area contributed by atoms with Crippen molar-refractivity contribution in [2.45, 2.75) is 51.0 Å². The van der Waals surface area contributed by atoms with Gasteiger partial charge in [0, 0.05) is 31.2 Å². The minimum Gasteiger partial charge on any atom is -0.335 e. The summed E-state index contributed by atoms with van der Waals surface area (Å²) >= 11 is 0. The van der Waals surface area contributed by atoms with E-state index in [0.717, 1.165) is 12.8 Å². The molecule has 2 fully saturated rings. The van der Waals surface area contributed by atoms with Crippen LogP contribution >= 0.6 is 0 Å². The number of carbonyl (C=O) groups is 1. The number of benzene rings is 1. The van der Waals surface area contributed by atoms with Crippen molar-refractivity contribution in [3.05, 3.63) is 29.8 Å². The summed E-state index contributed by atoms with van der Waals surface area (Å²) in [5.74, 6) is 0.485. The average molecular weight is 457 g/mol. The van der Waals surface area contributed by atoms with Gasteiger partial charge in [-0.3, -0.25) is 4.79 Å². The van der Waals surface area contributed by atoms with Gasteiger partial charge in [-0.25, -0.2) is 16.8 Å². The average Bonchev–Trinajstić information content (AvgIpc) is 3.04. The second-order valence-corrected chi connectivity index (χ2v) is 13.0. The van der Waals surface area contributed by atoms with Crippen LogP contribution in [0.5, 0.6) is 0 Å². The third kappa shape index (κ3) is 5.06. The molecule has 2 aliphatic heterocycles. The summed E-state index contributed by atoms with van der Waals surface area (Å²) in [5, 5.41) is 0. The molecule has 9 heteroatoms. The molecule has 0 aliphatic carbocycles. The van der Waals surface area contributed by atoms with E-state index in [-0.39, 0.29) is 28.4 Å². The lowest BCUT2D eigenvalue weighted by atomic mass is 9.94. The minimum absolute atomic E-state index is 0.00344. The summed E-state index contributed by atoms with van der Waals surface area (Å²) in [4.78, 5) is 14.9. The number of nitrogens with zero attached hydrogens (tertiary/aromatic N) is 2. The van der Waals surface area contributed by atoms with E-state index in [0.29, 0.717) is 43.5 Å². The smallest absolute Gasteiger partial charge is 0.254 e. The number of amides is 1. The molecule has 168 valence electrons. The van der Waals surface area contributed by atoms with Gasteiger partial charge in [0.05, 0.1) is 16.4 Å². The van der Waals surface area contributed by atoms with Crippen LogP contribution in [0.15, 0.2) is 29.2 Å². The first-order chi connectivity index (χ1) is 14.0. The molecule has 3 unspecified atom stereocenters. The summed E-state index contributed by atoms with van der Waals surface area (Å²) < 4.78 is 51.3. The number of hydrogen-bond acceptors (Lipinski definition) is 5. The Balaban J connectivity index is 1.79. The number of piperidine rings is 1. The molecule has 7 nitrogen and oxygen atoms in total. The highest BCUT2D eigenvalue weighted by molar-refractivity contribution is 7.91. The van der Waals surface area contributed by atoms with Gasteiger partial charge < -0.3 is 4.90 Å². The van der Waals surface area contributed by atoms with Gasteiger partial charge in [0.25, 0.3) is 5.91 Å². The van der Waals surface area contributed by atoms with Crippen LogP contribution in [0.3, 0.4) is 0 Å². The monoisotopic (exact) mass is 456 g/mol. The molecule has 0 spiro atoms. The molecule has 3 rings (SSSR count). The number of hydrogen-bond donors (Lipinski definition) is 0. The second-order valence-electron chi connectivity index (χ2n) is 8.85.